The maximum Gasteiger partial charge on any atom is 0.239 e. The Morgan fingerprint density at radius 2 is 1.88 bits per heavy atom. The molecule has 1 atom stereocenters. The zero-order valence-electron chi connectivity index (χ0n) is 11.5. The average molecular weight is 241 g/mol. The number of nitrogens with one attached hydrogen (secondary N) is 1. The van der Waals surface area contributed by atoms with Crippen LogP contribution in [-0.4, -0.2) is 61.0 Å². The highest BCUT2D eigenvalue weighted by molar-refractivity contribution is 5.81. The number of carbonyl (C=O) groups excluding carboxylic acids is 1. The molecular weight excluding hydrogens is 214 g/mol. The minimum absolute atomic E-state index is 0.0383. The second-order valence-electron chi connectivity index (χ2n) is 4.74. The Labute approximate surface area is 105 Å². The van der Waals surface area contributed by atoms with Crippen LogP contribution in [0.2, 0.25) is 0 Å². The zero-order chi connectivity index (χ0) is 12.7. The Hall–Kier alpha value is -0.610. The summed E-state index contributed by atoms with van der Waals surface area (Å²) in [5.74, 6) is 0.266. The van der Waals surface area contributed by atoms with Gasteiger partial charge in [0.2, 0.25) is 5.91 Å². The molecule has 0 aliphatic carbocycles. The molecule has 17 heavy (non-hydrogen) atoms. The molecule has 0 bridgehead atoms. The Morgan fingerprint density at radius 3 is 2.41 bits per heavy atom. The first kappa shape index (κ1) is 14.5. The second-order valence-corrected chi connectivity index (χ2v) is 4.74. The van der Waals surface area contributed by atoms with Crippen LogP contribution < -0.4 is 5.32 Å². The van der Waals surface area contributed by atoms with E-state index < -0.39 is 0 Å². The predicted octanol–water partition coefficient (Wildman–Crippen LogP) is 0.929. The molecule has 1 unspecified atom stereocenters. The van der Waals surface area contributed by atoms with Crippen LogP contribution in [0.3, 0.4) is 0 Å². The molecule has 100 valence electrons. The fraction of sp³-hybridized carbons (Fsp3) is 0.923. The van der Waals surface area contributed by atoms with Gasteiger partial charge < -0.3 is 15.1 Å². The normalized spacial score (nSPS) is 17.8. The quantitative estimate of drug-likeness (QED) is 0.720. The Balaban J connectivity index is 2.19. The van der Waals surface area contributed by atoms with Crippen LogP contribution in [-0.2, 0) is 4.79 Å². The first-order chi connectivity index (χ1) is 8.19. The van der Waals surface area contributed by atoms with Crippen LogP contribution in [0.1, 0.15) is 33.6 Å². The van der Waals surface area contributed by atoms with Crippen LogP contribution in [0, 0.1) is 0 Å². The summed E-state index contributed by atoms with van der Waals surface area (Å²) in [5.41, 5.74) is 0. The van der Waals surface area contributed by atoms with Crippen molar-refractivity contribution in [1.29, 1.82) is 0 Å². The maximum atomic E-state index is 12.0. The molecule has 1 amide bonds. The van der Waals surface area contributed by atoms with Gasteiger partial charge >= 0.3 is 0 Å². The summed E-state index contributed by atoms with van der Waals surface area (Å²) >= 11 is 0. The Morgan fingerprint density at radius 1 is 1.29 bits per heavy atom. The van der Waals surface area contributed by atoms with E-state index >= 15 is 0 Å². The molecule has 1 rings (SSSR count). The fourth-order valence-corrected chi connectivity index (χ4v) is 2.28. The van der Waals surface area contributed by atoms with Gasteiger partial charge in [-0.15, -0.1) is 0 Å². The third-order valence-corrected chi connectivity index (χ3v) is 3.56. The molecule has 0 aromatic heterocycles. The van der Waals surface area contributed by atoms with Gasteiger partial charge in [0, 0.05) is 26.2 Å². The van der Waals surface area contributed by atoms with Crippen LogP contribution >= 0.6 is 0 Å². The highest BCUT2D eigenvalue weighted by atomic mass is 16.2. The van der Waals surface area contributed by atoms with Crippen molar-refractivity contribution < 1.29 is 4.79 Å². The lowest BCUT2D eigenvalue weighted by atomic mass is 10.3. The van der Waals surface area contributed by atoms with E-state index in [2.05, 4.69) is 24.1 Å². The number of likely N-dealkylation sites (tertiary alicyclic amines) is 1. The molecule has 1 heterocycles. The Kier molecular flexibility index (Phi) is 6.52. The first-order valence-corrected chi connectivity index (χ1v) is 6.93. The molecule has 0 saturated carbocycles. The van der Waals surface area contributed by atoms with E-state index in [4.69, 9.17) is 0 Å². The molecule has 1 fully saturated rings. The summed E-state index contributed by atoms with van der Waals surface area (Å²) in [6, 6.07) is -0.0383. The van der Waals surface area contributed by atoms with Gasteiger partial charge in [-0.25, -0.2) is 0 Å². The molecule has 1 N–H and O–H groups in total. The summed E-state index contributed by atoms with van der Waals surface area (Å²) in [6.07, 6.45) is 2.33. The van der Waals surface area contributed by atoms with Gasteiger partial charge in [-0.3, -0.25) is 4.79 Å². The number of likely N-dealkylation sites (N-methyl/N-ethyl adjacent to an activating group) is 1. The Bertz CT molecular complexity index is 223. The van der Waals surface area contributed by atoms with Gasteiger partial charge in [0.05, 0.1) is 6.04 Å². The topological polar surface area (TPSA) is 35.6 Å². The van der Waals surface area contributed by atoms with E-state index in [0.717, 1.165) is 52.1 Å². The molecule has 1 saturated heterocycles. The van der Waals surface area contributed by atoms with Gasteiger partial charge in [-0.1, -0.05) is 13.8 Å². The van der Waals surface area contributed by atoms with Crippen LogP contribution in [0.15, 0.2) is 0 Å². The average Bonchev–Trinajstić information content (AvgIpc) is 2.87. The summed E-state index contributed by atoms with van der Waals surface area (Å²) in [5, 5.41) is 3.33. The number of nitrogens with zero attached hydrogens (tertiary/aromatic N) is 2. The number of carbonyl (C=O) groups is 1. The molecule has 0 aromatic rings. The second kappa shape index (κ2) is 7.67. The lowest BCUT2D eigenvalue weighted by Gasteiger charge is -2.23. The van der Waals surface area contributed by atoms with Crippen molar-refractivity contribution in [3.05, 3.63) is 0 Å². The van der Waals surface area contributed by atoms with Gasteiger partial charge in [0.15, 0.2) is 0 Å². The molecule has 4 nitrogen and oxygen atoms in total. The van der Waals surface area contributed by atoms with Gasteiger partial charge in [0.1, 0.15) is 0 Å². The molecule has 1 aliphatic heterocycles. The molecule has 1 aliphatic rings. The van der Waals surface area contributed by atoms with Crippen molar-refractivity contribution in [2.45, 2.75) is 39.7 Å². The third kappa shape index (κ3) is 4.64. The fourth-order valence-electron chi connectivity index (χ4n) is 2.28. The number of hydrogen-bond acceptors (Lipinski definition) is 3. The summed E-state index contributed by atoms with van der Waals surface area (Å²) in [4.78, 5) is 16.4. The number of hydrogen-bond donors (Lipinski definition) is 1. The molecule has 4 heteroatoms. The number of amides is 1. The summed E-state index contributed by atoms with van der Waals surface area (Å²) < 4.78 is 0. The van der Waals surface area contributed by atoms with Crippen molar-refractivity contribution in [1.82, 2.24) is 15.1 Å². The minimum Gasteiger partial charge on any atom is -0.341 e. The molecule has 0 spiro atoms. The minimum atomic E-state index is -0.0383. The van der Waals surface area contributed by atoms with Gasteiger partial charge in [-0.05, 0) is 32.9 Å². The largest absolute Gasteiger partial charge is 0.341 e. The standard InChI is InChI=1S/C13H27N3O/c1-4-15(5-2)11-8-14-12(3)13(17)16-9-6-7-10-16/h12,14H,4-11H2,1-3H3. The maximum absolute atomic E-state index is 12.0. The summed E-state index contributed by atoms with van der Waals surface area (Å²) in [7, 11) is 0. The van der Waals surface area contributed by atoms with Gasteiger partial charge in [0.25, 0.3) is 0 Å². The van der Waals surface area contributed by atoms with E-state index in [0.29, 0.717) is 0 Å². The van der Waals surface area contributed by atoms with Gasteiger partial charge in [-0.2, -0.15) is 0 Å². The molecule has 0 aromatic carbocycles. The van der Waals surface area contributed by atoms with Crippen LogP contribution in [0.25, 0.3) is 0 Å². The van der Waals surface area contributed by atoms with E-state index in [1.165, 1.54) is 0 Å². The number of rotatable bonds is 7. The van der Waals surface area contributed by atoms with E-state index in [-0.39, 0.29) is 11.9 Å². The van der Waals surface area contributed by atoms with Crippen molar-refractivity contribution >= 4 is 5.91 Å². The molecule has 0 radical (unpaired) electrons. The highest BCUT2D eigenvalue weighted by Gasteiger charge is 2.22. The monoisotopic (exact) mass is 241 g/mol. The van der Waals surface area contributed by atoms with Crippen molar-refractivity contribution in [3.8, 4) is 0 Å². The van der Waals surface area contributed by atoms with Crippen molar-refractivity contribution in [3.63, 3.8) is 0 Å². The SMILES string of the molecule is CCN(CC)CCNC(C)C(=O)N1CCCC1. The van der Waals surface area contributed by atoms with Crippen molar-refractivity contribution in [2.24, 2.45) is 0 Å². The zero-order valence-corrected chi connectivity index (χ0v) is 11.5. The van der Waals surface area contributed by atoms with E-state index in [1.807, 2.05) is 11.8 Å². The molecular formula is C13H27N3O. The lowest BCUT2D eigenvalue weighted by Crippen LogP contribution is -2.45. The van der Waals surface area contributed by atoms with Crippen LogP contribution in [0.5, 0.6) is 0 Å². The third-order valence-electron chi connectivity index (χ3n) is 3.56. The smallest absolute Gasteiger partial charge is 0.239 e. The first-order valence-electron chi connectivity index (χ1n) is 6.93. The van der Waals surface area contributed by atoms with Crippen LogP contribution in [0.4, 0.5) is 0 Å². The van der Waals surface area contributed by atoms with E-state index in [9.17, 15) is 4.79 Å². The van der Waals surface area contributed by atoms with E-state index in [1.54, 1.807) is 0 Å². The predicted molar refractivity (Wildman–Crippen MR) is 71.1 cm³/mol. The summed E-state index contributed by atoms with van der Waals surface area (Å²) in [6.45, 7) is 12.3. The highest BCUT2D eigenvalue weighted by Crippen LogP contribution is 2.08. The lowest BCUT2D eigenvalue weighted by molar-refractivity contribution is -0.131. The van der Waals surface area contributed by atoms with Crippen molar-refractivity contribution in [2.75, 3.05) is 39.3 Å².